The van der Waals surface area contributed by atoms with Crippen molar-refractivity contribution >= 4 is 33.3 Å². The lowest BCUT2D eigenvalue weighted by atomic mass is 10.2. The minimum absolute atomic E-state index is 0.0307. The van der Waals surface area contributed by atoms with Gasteiger partial charge in [0.15, 0.2) is 17.4 Å². The van der Waals surface area contributed by atoms with E-state index in [1.54, 1.807) is 4.72 Å². The number of halogens is 5. The third-order valence-electron chi connectivity index (χ3n) is 4.65. The number of sulfonamides is 1. The van der Waals surface area contributed by atoms with Gasteiger partial charge in [0.2, 0.25) is 27.7 Å². The Morgan fingerprint density at radius 3 is 2.47 bits per heavy atom. The van der Waals surface area contributed by atoms with Gasteiger partial charge < -0.3 is 10.5 Å². The largest absolute Gasteiger partial charge is 0.435 e. The van der Waals surface area contributed by atoms with E-state index in [-0.39, 0.29) is 33.7 Å². The van der Waals surface area contributed by atoms with Crippen LogP contribution in [0, 0.1) is 23.3 Å². The Balaban J connectivity index is 1.63. The number of nitrogens with zero attached hydrogens (tertiary/aromatic N) is 3. The SMILES string of the molecule is Nc1nccc(-c2cccnc2Oc2cc(F)c(NS(=O)(=O)Cc3ccc(F)c(Cl)c3)c(F)c2F)n1. The molecule has 186 valence electrons. The van der Waals surface area contributed by atoms with Crippen LogP contribution in [0.1, 0.15) is 5.56 Å². The molecule has 0 aliphatic rings. The molecular formula is C22H14ClF4N5O3S. The van der Waals surface area contributed by atoms with Crippen molar-refractivity contribution in [3.05, 3.63) is 88.7 Å². The van der Waals surface area contributed by atoms with E-state index >= 15 is 0 Å². The van der Waals surface area contributed by atoms with Crippen molar-refractivity contribution in [1.82, 2.24) is 15.0 Å². The predicted molar refractivity (Wildman–Crippen MR) is 124 cm³/mol. The summed E-state index contributed by atoms with van der Waals surface area (Å²) in [6, 6.07) is 8.03. The Morgan fingerprint density at radius 2 is 1.75 bits per heavy atom. The molecule has 0 bridgehead atoms. The Kier molecular flexibility index (Phi) is 6.95. The van der Waals surface area contributed by atoms with Crippen LogP contribution in [0.25, 0.3) is 11.3 Å². The minimum Gasteiger partial charge on any atom is -0.435 e. The number of nitrogens with one attached hydrogen (secondary N) is 1. The molecule has 3 N–H and O–H groups in total. The van der Waals surface area contributed by atoms with E-state index in [1.807, 2.05) is 0 Å². The van der Waals surface area contributed by atoms with Crippen molar-refractivity contribution in [2.75, 3.05) is 10.5 Å². The van der Waals surface area contributed by atoms with Crippen molar-refractivity contribution in [3.8, 4) is 22.9 Å². The topological polar surface area (TPSA) is 120 Å². The molecule has 4 aromatic rings. The fourth-order valence-electron chi connectivity index (χ4n) is 3.08. The zero-order valence-electron chi connectivity index (χ0n) is 17.8. The first-order valence-electron chi connectivity index (χ1n) is 9.88. The molecule has 4 rings (SSSR count). The number of anilines is 2. The molecule has 0 unspecified atom stereocenters. The Labute approximate surface area is 206 Å². The number of ether oxygens (including phenoxy) is 1. The highest BCUT2D eigenvalue weighted by atomic mass is 35.5. The quantitative estimate of drug-likeness (QED) is 0.249. The van der Waals surface area contributed by atoms with Crippen LogP contribution < -0.4 is 15.2 Å². The van der Waals surface area contributed by atoms with Crippen molar-refractivity contribution in [2.24, 2.45) is 0 Å². The van der Waals surface area contributed by atoms with Crippen LogP contribution in [0.2, 0.25) is 5.02 Å². The van der Waals surface area contributed by atoms with Crippen LogP contribution in [0.3, 0.4) is 0 Å². The van der Waals surface area contributed by atoms with Gasteiger partial charge in [0.1, 0.15) is 11.5 Å². The van der Waals surface area contributed by atoms with Crippen molar-refractivity contribution in [3.63, 3.8) is 0 Å². The van der Waals surface area contributed by atoms with Gasteiger partial charge in [-0.1, -0.05) is 17.7 Å². The summed E-state index contributed by atoms with van der Waals surface area (Å²) in [4.78, 5) is 11.7. The number of rotatable bonds is 7. The zero-order valence-corrected chi connectivity index (χ0v) is 19.4. The first kappa shape index (κ1) is 25.1. The molecule has 2 aromatic heterocycles. The number of hydrogen-bond donors (Lipinski definition) is 2. The second-order valence-electron chi connectivity index (χ2n) is 7.23. The van der Waals surface area contributed by atoms with Crippen LogP contribution >= 0.6 is 11.6 Å². The Morgan fingerprint density at radius 1 is 0.972 bits per heavy atom. The molecule has 2 heterocycles. The molecule has 2 aromatic carbocycles. The van der Waals surface area contributed by atoms with E-state index in [0.29, 0.717) is 6.07 Å². The van der Waals surface area contributed by atoms with Gasteiger partial charge in [-0.05, 0) is 35.9 Å². The average Bonchev–Trinajstić information content (AvgIpc) is 2.83. The fourth-order valence-corrected chi connectivity index (χ4v) is 4.47. The second-order valence-corrected chi connectivity index (χ2v) is 9.36. The summed E-state index contributed by atoms with van der Waals surface area (Å²) in [5.41, 5.74) is 4.80. The van der Waals surface area contributed by atoms with E-state index in [1.165, 1.54) is 30.6 Å². The summed E-state index contributed by atoms with van der Waals surface area (Å²) in [5, 5.41) is -0.342. The van der Waals surface area contributed by atoms with E-state index in [0.717, 1.165) is 18.2 Å². The maximum Gasteiger partial charge on any atom is 0.237 e. The summed E-state index contributed by atoms with van der Waals surface area (Å²) < 4.78 is 89.3. The minimum atomic E-state index is -4.45. The lowest BCUT2D eigenvalue weighted by molar-refractivity contribution is 0.401. The number of nitrogen functional groups attached to an aromatic ring is 1. The van der Waals surface area contributed by atoms with Crippen LogP contribution in [0.15, 0.2) is 54.9 Å². The molecule has 0 radical (unpaired) electrons. The van der Waals surface area contributed by atoms with E-state index in [4.69, 9.17) is 22.1 Å². The monoisotopic (exact) mass is 539 g/mol. The normalized spacial score (nSPS) is 11.4. The van der Waals surface area contributed by atoms with Gasteiger partial charge in [0.25, 0.3) is 0 Å². The van der Waals surface area contributed by atoms with E-state index < -0.39 is 50.5 Å². The third-order valence-corrected chi connectivity index (χ3v) is 6.17. The van der Waals surface area contributed by atoms with Crippen molar-refractivity contribution < 1.29 is 30.7 Å². The Bertz CT molecular complexity index is 1570. The molecule has 0 aliphatic carbocycles. The number of benzene rings is 2. The van der Waals surface area contributed by atoms with Gasteiger partial charge in [-0.3, -0.25) is 4.72 Å². The second kappa shape index (κ2) is 9.95. The fraction of sp³-hybridized carbons (Fsp3) is 0.0455. The highest BCUT2D eigenvalue weighted by Gasteiger charge is 2.25. The predicted octanol–water partition coefficient (Wildman–Crippen LogP) is 5.06. The van der Waals surface area contributed by atoms with Gasteiger partial charge >= 0.3 is 0 Å². The van der Waals surface area contributed by atoms with Crippen LogP contribution in [0.4, 0.5) is 29.2 Å². The standard InChI is InChI=1S/C22H14ClF4N5O3S/c23-13-8-11(3-4-14(13)24)10-36(33,34)32-20-15(25)9-17(18(26)19(20)27)35-21-12(2-1-6-29-21)16-5-7-30-22(28)31-16/h1-9,32H,10H2,(H2,28,30,31). The molecule has 0 spiro atoms. The summed E-state index contributed by atoms with van der Waals surface area (Å²) in [7, 11) is -4.45. The molecular weight excluding hydrogens is 526 g/mol. The molecule has 0 saturated carbocycles. The van der Waals surface area contributed by atoms with Crippen LogP contribution in [0.5, 0.6) is 11.6 Å². The summed E-state index contributed by atoms with van der Waals surface area (Å²) in [6.07, 6.45) is 2.65. The van der Waals surface area contributed by atoms with E-state index in [9.17, 15) is 26.0 Å². The highest BCUT2D eigenvalue weighted by molar-refractivity contribution is 7.91. The lowest BCUT2D eigenvalue weighted by Crippen LogP contribution is -2.18. The van der Waals surface area contributed by atoms with Crippen LogP contribution in [-0.2, 0) is 15.8 Å². The maximum atomic E-state index is 14.8. The summed E-state index contributed by atoms with van der Waals surface area (Å²) in [6.45, 7) is 0. The van der Waals surface area contributed by atoms with Crippen molar-refractivity contribution in [1.29, 1.82) is 0 Å². The maximum absolute atomic E-state index is 14.8. The molecule has 0 saturated heterocycles. The summed E-state index contributed by atoms with van der Waals surface area (Å²) >= 11 is 5.62. The van der Waals surface area contributed by atoms with Crippen LogP contribution in [-0.4, -0.2) is 23.4 Å². The number of pyridine rings is 1. The Hall–Kier alpha value is -3.97. The molecule has 0 aliphatic heterocycles. The van der Waals surface area contributed by atoms with Gasteiger partial charge in [0.05, 0.1) is 22.0 Å². The zero-order chi connectivity index (χ0) is 26.0. The summed E-state index contributed by atoms with van der Waals surface area (Å²) in [5.74, 6) is -7.81. The lowest BCUT2D eigenvalue weighted by Gasteiger charge is -2.14. The first-order valence-corrected chi connectivity index (χ1v) is 11.9. The van der Waals surface area contributed by atoms with Crippen molar-refractivity contribution in [2.45, 2.75) is 5.75 Å². The van der Waals surface area contributed by atoms with Gasteiger partial charge in [-0.2, -0.15) is 4.39 Å². The highest BCUT2D eigenvalue weighted by Crippen LogP contribution is 2.35. The molecule has 14 heteroatoms. The average molecular weight is 540 g/mol. The third kappa shape index (κ3) is 5.47. The smallest absolute Gasteiger partial charge is 0.237 e. The molecule has 36 heavy (non-hydrogen) atoms. The van der Waals surface area contributed by atoms with Gasteiger partial charge in [-0.25, -0.2) is 36.5 Å². The van der Waals surface area contributed by atoms with E-state index in [2.05, 4.69) is 15.0 Å². The molecule has 8 nitrogen and oxygen atoms in total. The van der Waals surface area contributed by atoms with Gasteiger partial charge in [-0.15, -0.1) is 0 Å². The molecule has 0 atom stereocenters. The molecule has 0 amide bonds. The number of nitrogens with two attached hydrogens (primary N) is 1. The first-order chi connectivity index (χ1) is 17.0. The van der Waals surface area contributed by atoms with Gasteiger partial charge in [0, 0.05) is 18.5 Å². The number of hydrogen-bond acceptors (Lipinski definition) is 7. The number of aromatic nitrogens is 3. The molecule has 0 fully saturated rings.